The molecule has 0 bridgehead atoms. The molecule has 1 heterocycles. The molecule has 0 aliphatic carbocycles. The van der Waals surface area contributed by atoms with Gasteiger partial charge in [0.2, 0.25) is 5.88 Å². The molecule has 15 heteroatoms. The third-order valence-corrected chi connectivity index (χ3v) is 6.27. The van der Waals surface area contributed by atoms with E-state index in [-0.39, 0.29) is 41.1 Å². The van der Waals surface area contributed by atoms with Crippen LogP contribution in [0.25, 0.3) is 0 Å². The minimum atomic E-state index is -4.68. The van der Waals surface area contributed by atoms with Crippen LogP contribution in [0.5, 0.6) is 17.4 Å². The molecule has 0 aliphatic rings. The maximum atomic E-state index is 12.9. The summed E-state index contributed by atoms with van der Waals surface area (Å²) in [4.78, 5) is 15.4. The van der Waals surface area contributed by atoms with Gasteiger partial charge in [-0.3, -0.25) is 0 Å². The molecular formula is C21H25ClF3N3O7S. The number of methoxy groups -OCH3 is 1. The quantitative estimate of drug-likeness (QED) is 0.341. The van der Waals surface area contributed by atoms with E-state index in [9.17, 15) is 31.5 Å². The number of amides is 1. The van der Waals surface area contributed by atoms with Crippen LogP contribution >= 0.6 is 11.6 Å². The van der Waals surface area contributed by atoms with Gasteiger partial charge in [0.1, 0.15) is 23.1 Å². The lowest BCUT2D eigenvalue weighted by Gasteiger charge is -2.21. The predicted octanol–water partition coefficient (Wildman–Crippen LogP) is 4.69. The summed E-state index contributed by atoms with van der Waals surface area (Å²) in [5.74, 6) is -0.306. The first-order valence-corrected chi connectivity index (χ1v) is 12.4. The molecule has 10 nitrogen and oxygen atoms in total. The van der Waals surface area contributed by atoms with Crippen molar-refractivity contribution in [1.29, 1.82) is 0 Å². The van der Waals surface area contributed by atoms with Crippen LogP contribution in [-0.2, 0) is 27.7 Å². The number of aromatic nitrogens is 1. The Morgan fingerprint density at radius 2 is 1.97 bits per heavy atom. The summed E-state index contributed by atoms with van der Waals surface area (Å²) in [5, 5.41) is 9.08. The van der Waals surface area contributed by atoms with Gasteiger partial charge in [-0.05, 0) is 24.6 Å². The molecule has 0 fully saturated rings. The summed E-state index contributed by atoms with van der Waals surface area (Å²) in [7, 11) is -2.96. The zero-order valence-electron chi connectivity index (χ0n) is 19.3. The number of pyridine rings is 1. The van der Waals surface area contributed by atoms with Crippen LogP contribution in [0.4, 0.5) is 18.0 Å². The molecule has 2 rings (SSSR count). The monoisotopic (exact) mass is 555 g/mol. The molecular weight excluding hydrogens is 531 g/mol. The number of nitrogens with one attached hydrogen (secondary N) is 1. The van der Waals surface area contributed by atoms with E-state index in [0.29, 0.717) is 25.1 Å². The van der Waals surface area contributed by atoms with Crippen LogP contribution in [0.1, 0.15) is 30.9 Å². The van der Waals surface area contributed by atoms with Crippen molar-refractivity contribution >= 4 is 27.9 Å². The highest BCUT2D eigenvalue weighted by molar-refractivity contribution is 7.87. The van der Waals surface area contributed by atoms with Crippen LogP contribution in [0.15, 0.2) is 30.5 Å². The van der Waals surface area contributed by atoms with Crippen molar-refractivity contribution in [2.24, 2.45) is 0 Å². The van der Waals surface area contributed by atoms with Crippen LogP contribution in [-0.4, -0.2) is 55.8 Å². The van der Waals surface area contributed by atoms with E-state index in [4.69, 9.17) is 25.8 Å². The van der Waals surface area contributed by atoms with Crippen molar-refractivity contribution in [3.05, 3.63) is 46.6 Å². The van der Waals surface area contributed by atoms with Gasteiger partial charge < -0.3 is 19.3 Å². The molecule has 0 spiro atoms. The number of unbranched alkanes of at least 4 members (excludes halogenated alkanes) is 1. The van der Waals surface area contributed by atoms with Gasteiger partial charge >= 0.3 is 22.5 Å². The number of nitrogens with zero attached hydrogens (tertiary/aromatic N) is 2. The fraction of sp³-hybridized carbons (Fsp3) is 0.429. The van der Waals surface area contributed by atoms with Gasteiger partial charge in [-0.25, -0.2) is 9.78 Å². The Labute approximate surface area is 211 Å². The maximum absolute atomic E-state index is 12.9. The summed E-state index contributed by atoms with van der Waals surface area (Å²) < 4.78 is 82.3. The number of carboxylic acid groups (broad SMARTS) is 1. The van der Waals surface area contributed by atoms with Gasteiger partial charge in [0.25, 0.3) is 0 Å². The van der Waals surface area contributed by atoms with E-state index in [1.165, 1.54) is 25.3 Å². The van der Waals surface area contributed by atoms with Crippen molar-refractivity contribution in [3.8, 4) is 17.4 Å². The molecule has 2 N–H and O–H groups in total. The third-order valence-electron chi connectivity index (χ3n) is 4.57. The van der Waals surface area contributed by atoms with E-state index in [2.05, 4.69) is 9.71 Å². The summed E-state index contributed by atoms with van der Waals surface area (Å²) in [6.07, 6.45) is -4.75. The molecule has 0 saturated heterocycles. The second-order valence-corrected chi connectivity index (χ2v) is 9.35. The van der Waals surface area contributed by atoms with E-state index >= 15 is 0 Å². The number of rotatable bonds is 13. The Balaban J connectivity index is 2.43. The Morgan fingerprint density at radius 3 is 2.56 bits per heavy atom. The first-order valence-electron chi connectivity index (χ1n) is 10.5. The highest BCUT2D eigenvalue weighted by atomic mass is 35.5. The molecule has 0 saturated carbocycles. The normalized spacial score (nSPS) is 11.8. The summed E-state index contributed by atoms with van der Waals surface area (Å²) in [5.41, 5.74) is -1.05. The summed E-state index contributed by atoms with van der Waals surface area (Å²) >= 11 is 5.93. The zero-order chi connectivity index (χ0) is 26.9. The molecule has 1 aromatic carbocycles. The number of ether oxygens (including phenoxy) is 3. The van der Waals surface area contributed by atoms with Gasteiger partial charge in [-0.1, -0.05) is 24.9 Å². The topological polar surface area (TPSA) is 127 Å². The van der Waals surface area contributed by atoms with E-state index in [0.717, 1.165) is 0 Å². The zero-order valence-corrected chi connectivity index (χ0v) is 20.9. The van der Waals surface area contributed by atoms with E-state index in [1.54, 1.807) is 0 Å². The number of halogens is 4. The average molecular weight is 556 g/mol. The smallest absolute Gasteiger partial charge is 0.422 e. The second-order valence-electron chi connectivity index (χ2n) is 7.26. The average Bonchev–Trinajstić information content (AvgIpc) is 2.79. The molecule has 0 radical (unpaired) electrons. The van der Waals surface area contributed by atoms with E-state index < -0.39 is 45.5 Å². The number of alkyl halides is 3. The summed E-state index contributed by atoms with van der Waals surface area (Å²) in [6, 6.07) is 4.72. The highest BCUT2D eigenvalue weighted by Crippen LogP contribution is 2.36. The first-order chi connectivity index (χ1) is 16.9. The van der Waals surface area contributed by atoms with Crippen molar-refractivity contribution in [3.63, 3.8) is 0 Å². The van der Waals surface area contributed by atoms with Crippen LogP contribution in [0, 0.1) is 0 Å². The Morgan fingerprint density at radius 1 is 1.25 bits per heavy atom. The number of hydrogen-bond donors (Lipinski definition) is 2. The van der Waals surface area contributed by atoms with Crippen molar-refractivity contribution in [2.75, 3.05) is 26.9 Å². The lowest BCUT2D eigenvalue weighted by atomic mass is 10.2. The number of carbonyl (C=O) groups is 1. The van der Waals surface area contributed by atoms with Crippen molar-refractivity contribution < 1.29 is 45.7 Å². The fourth-order valence-corrected chi connectivity index (χ4v) is 4.00. The molecule has 200 valence electrons. The minimum absolute atomic E-state index is 0.0311. The standard InChI is InChI=1S/C21H25ClF3N3O7S/c1-3-4-7-27-36(31,32)28(20(29)30)13-14-5-6-16(34-9-8-33-2)11-18(14)35-19-17(22)10-15(12-26-19)21(23,24)25/h5-6,10-12,27H,3-4,7-9,13H2,1-2H3,(H,29,30). The van der Waals surface area contributed by atoms with Crippen molar-refractivity contribution in [2.45, 2.75) is 32.5 Å². The lowest BCUT2D eigenvalue weighted by molar-refractivity contribution is -0.137. The maximum Gasteiger partial charge on any atom is 0.422 e. The number of hydrogen-bond acceptors (Lipinski definition) is 7. The Hall–Kier alpha value is -2.81. The number of benzene rings is 1. The van der Waals surface area contributed by atoms with Gasteiger partial charge in [-0.15, -0.1) is 0 Å². The Kier molecular flexibility index (Phi) is 10.6. The van der Waals surface area contributed by atoms with Gasteiger partial charge in [0, 0.05) is 31.5 Å². The molecule has 1 aromatic heterocycles. The fourth-order valence-electron chi connectivity index (χ4n) is 2.72. The van der Waals surface area contributed by atoms with E-state index in [1.807, 2.05) is 6.92 Å². The van der Waals surface area contributed by atoms with Crippen LogP contribution < -0.4 is 14.2 Å². The largest absolute Gasteiger partial charge is 0.491 e. The SMILES string of the molecule is CCCCNS(=O)(=O)N(Cc1ccc(OCCOC)cc1Oc1ncc(C(F)(F)F)cc1Cl)C(=O)O. The Bertz CT molecular complexity index is 1150. The molecule has 36 heavy (non-hydrogen) atoms. The van der Waals surface area contributed by atoms with Gasteiger partial charge in [0.15, 0.2) is 0 Å². The first kappa shape index (κ1) is 29.4. The molecule has 0 unspecified atom stereocenters. The molecule has 0 atom stereocenters. The van der Waals surface area contributed by atoms with Gasteiger partial charge in [-0.2, -0.15) is 30.6 Å². The summed E-state index contributed by atoms with van der Waals surface area (Å²) in [6.45, 7) is 1.58. The van der Waals surface area contributed by atoms with Crippen molar-refractivity contribution in [1.82, 2.24) is 14.0 Å². The molecule has 1 amide bonds. The van der Waals surface area contributed by atoms with Crippen LogP contribution in [0.2, 0.25) is 5.02 Å². The molecule has 2 aromatic rings. The third kappa shape index (κ3) is 8.40. The van der Waals surface area contributed by atoms with Crippen LogP contribution in [0.3, 0.4) is 0 Å². The minimum Gasteiger partial charge on any atom is -0.491 e. The highest BCUT2D eigenvalue weighted by Gasteiger charge is 2.32. The molecule has 0 aliphatic heterocycles. The van der Waals surface area contributed by atoms with Gasteiger partial charge in [0.05, 0.1) is 18.7 Å². The second kappa shape index (κ2) is 12.9. The lowest BCUT2D eigenvalue weighted by Crippen LogP contribution is -2.43. The predicted molar refractivity (Wildman–Crippen MR) is 124 cm³/mol.